The predicted octanol–water partition coefficient (Wildman–Crippen LogP) is 5.04. The lowest BCUT2D eigenvalue weighted by Gasteiger charge is -2.29. The molecule has 0 bridgehead atoms. The Kier molecular flexibility index (Phi) is 6.53. The Balaban J connectivity index is 1.94. The van der Waals surface area contributed by atoms with Crippen LogP contribution in [0.3, 0.4) is 0 Å². The summed E-state index contributed by atoms with van der Waals surface area (Å²) in [6.07, 6.45) is 0. The van der Waals surface area contributed by atoms with Gasteiger partial charge >= 0.3 is 0 Å². The van der Waals surface area contributed by atoms with Crippen molar-refractivity contribution >= 4 is 23.3 Å². The van der Waals surface area contributed by atoms with Crippen LogP contribution in [0.4, 0.5) is 4.39 Å². The van der Waals surface area contributed by atoms with Crippen molar-refractivity contribution in [3.63, 3.8) is 0 Å². The summed E-state index contributed by atoms with van der Waals surface area (Å²) < 4.78 is 13.4. The third-order valence-corrected chi connectivity index (χ3v) is 5.97. The fourth-order valence-corrected chi connectivity index (χ4v) is 4.43. The van der Waals surface area contributed by atoms with Gasteiger partial charge in [-0.25, -0.2) is 4.39 Å². The molecule has 1 aliphatic rings. The second-order valence-electron chi connectivity index (χ2n) is 7.14. The van der Waals surface area contributed by atoms with Gasteiger partial charge in [0.1, 0.15) is 5.82 Å². The Bertz CT molecular complexity index is 1090. The van der Waals surface area contributed by atoms with E-state index in [1.165, 1.54) is 30.8 Å². The first-order chi connectivity index (χ1) is 14.3. The molecule has 1 N–H and O–H groups in total. The van der Waals surface area contributed by atoms with E-state index in [4.69, 9.17) is 0 Å². The average molecular weight is 421 g/mol. The Morgan fingerprint density at radius 2 is 1.73 bits per heavy atom. The van der Waals surface area contributed by atoms with Crippen LogP contribution in [0.1, 0.15) is 41.3 Å². The van der Waals surface area contributed by atoms with E-state index in [0.717, 1.165) is 5.56 Å². The Hall–Kier alpha value is -3.17. The zero-order valence-electron chi connectivity index (χ0n) is 17.0. The minimum atomic E-state index is -0.605. The van der Waals surface area contributed by atoms with Gasteiger partial charge in [-0.3, -0.25) is 9.59 Å². The lowest BCUT2D eigenvalue weighted by Crippen LogP contribution is -2.27. The monoisotopic (exact) mass is 420 g/mol. The topological polar surface area (TPSA) is 70.0 Å². The second kappa shape index (κ2) is 9.10. The van der Waals surface area contributed by atoms with E-state index in [1.807, 2.05) is 19.1 Å². The molecule has 0 radical (unpaired) electrons. The van der Waals surface area contributed by atoms with Gasteiger partial charge in [-0.05, 0) is 38.5 Å². The van der Waals surface area contributed by atoms with Crippen LogP contribution in [0, 0.1) is 24.1 Å². The highest BCUT2D eigenvalue weighted by Gasteiger charge is 2.33. The summed E-state index contributed by atoms with van der Waals surface area (Å²) in [4.78, 5) is 24.9. The van der Waals surface area contributed by atoms with Crippen LogP contribution < -0.4 is 5.32 Å². The molecule has 30 heavy (non-hydrogen) atoms. The van der Waals surface area contributed by atoms with E-state index in [2.05, 4.69) is 11.4 Å². The van der Waals surface area contributed by atoms with E-state index in [-0.39, 0.29) is 17.3 Å². The molecule has 152 valence electrons. The molecular formula is C24H21FN2O2S. The molecule has 1 atom stereocenters. The maximum Gasteiger partial charge on any atom is 0.173 e. The fraction of sp³-hybridized carbons (Fsp3) is 0.208. The van der Waals surface area contributed by atoms with Crippen LogP contribution in [-0.4, -0.2) is 17.3 Å². The largest absolute Gasteiger partial charge is 0.353 e. The number of allylic oxidation sites excluding steroid dienone is 3. The van der Waals surface area contributed by atoms with Gasteiger partial charge in [0, 0.05) is 16.8 Å². The first kappa shape index (κ1) is 21.5. The molecule has 0 fully saturated rings. The van der Waals surface area contributed by atoms with Gasteiger partial charge in [0.15, 0.2) is 11.6 Å². The number of ketones is 2. The van der Waals surface area contributed by atoms with Crippen molar-refractivity contribution in [2.45, 2.75) is 26.7 Å². The first-order valence-electron chi connectivity index (χ1n) is 9.43. The predicted molar refractivity (Wildman–Crippen MR) is 116 cm³/mol. The van der Waals surface area contributed by atoms with Gasteiger partial charge in [-0.2, -0.15) is 5.26 Å². The molecule has 0 spiro atoms. The number of thioether (sulfide) groups is 1. The van der Waals surface area contributed by atoms with Gasteiger partial charge in [0.25, 0.3) is 0 Å². The summed E-state index contributed by atoms with van der Waals surface area (Å²) in [6.45, 7) is 5.17. The number of aryl methyl sites for hydroxylation is 1. The molecule has 0 unspecified atom stereocenters. The number of halogens is 1. The molecular weight excluding hydrogens is 399 g/mol. The zero-order chi connectivity index (χ0) is 21.8. The molecule has 0 saturated carbocycles. The highest BCUT2D eigenvalue weighted by Crippen LogP contribution is 2.40. The number of nitrogens with one attached hydrogen (secondary N) is 1. The molecule has 3 rings (SSSR count). The molecule has 2 aromatic rings. The highest BCUT2D eigenvalue weighted by molar-refractivity contribution is 8.03. The fourth-order valence-electron chi connectivity index (χ4n) is 3.44. The van der Waals surface area contributed by atoms with Gasteiger partial charge in [-0.15, -0.1) is 0 Å². The quantitative estimate of drug-likeness (QED) is 0.664. The van der Waals surface area contributed by atoms with Crippen molar-refractivity contribution < 1.29 is 14.0 Å². The van der Waals surface area contributed by atoms with Gasteiger partial charge in [0.2, 0.25) is 0 Å². The summed E-state index contributed by atoms with van der Waals surface area (Å²) in [5.41, 5.74) is 3.77. The zero-order valence-corrected chi connectivity index (χ0v) is 17.8. The Labute approximate surface area is 179 Å². The lowest BCUT2D eigenvalue weighted by atomic mass is 9.81. The van der Waals surface area contributed by atoms with Crippen molar-refractivity contribution in [2.75, 3.05) is 5.75 Å². The molecule has 4 nitrogen and oxygen atoms in total. The highest BCUT2D eigenvalue weighted by atomic mass is 32.2. The number of rotatable bonds is 6. The number of carbonyl (C=O) groups excluding carboxylic acids is 2. The van der Waals surface area contributed by atoms with E-state index in [9.17, 15) is 19.2 Å². The summed E-state index contributed by atoms with van der Waals surface area (Å²) in [7, 11) is 0. The number of Topliss-reactive ketones (excluding diaryl/α,β-unsaturated/α-hetero) is 2. The third-order valence-electron chi connectivity index (χ3n) is 4.95. The third kappa shape index (κ3) is 4.52. The Morgan fingerprint density at radius 1 is 1.10 bits per heavy atom. The van der Waals surface area contributed by atoms with Crippen LogP contribution in [-0.2, 0) is 4.79 Å². The van der Waals surface area contributed by atoms with Crippen LogP contribution in [0.5, 0.6) is 0 Å². The number of carbonyl (C=O) groups is 2. The maximum absolute atomic E-state index is 13.4. The summed E-state index contributed by atoms with van der Waals surface area (Å²) in [5, 5.41) is 13.6. The van der Waals surface area contributed by atoms with Gasteiger partial charge < -0.3 is 5.32 Å². The average Bonchev–Trinajstić information content (AvgIpc) is 2.72. The second-order valence-corrected chi connectivity index (χ2v) is 8.12. The van der Waals surface area contributed by atoms with Crippen molar-refractivity contribution in [1.82, 2.24) is 5.32 Å². The number of benzene rings is 2. The van der Waals surface area contributed by atoms with Crippen molar-refractivity contribution in [2.24, 2.45) is 0 Å². The summed E-state index contributed by atoms with van der Waals surface area (Å²) in [5.74, 6) is -1.06. The molecule has 0 amide bonds. The van der Waals surface area contributed by atoms with E-state index in [1.54, 1.807) is 31.2 Å². The SMILES string of the molecule is CC(=O)C1=C(C)NC(SCC(=O)c2ccc(C)cc2)=C(C#N)[C@@H]1c1ccc(F)cc1. The molecule has 1 heterocycles. The smallest absolute Gasteiger partial charge is 0.173 e. The standard InChI is InChI=1S/C24H21FN2O2S/c1-14-4-6-17(7-5-14)21(29)13-30-24-20(12-26)23(18-8-10-19(25)11-9-18)22(16(3)28)15(2)27-24/h4-11,23,27H,13H2,1-3H3/t23-/m0/s1. The number of hydrogen-bond acceptors (Lipinski definition) is 5. The lowest BCUT2D eigenvalue weighted by molar-refractivity contribution is -0.113. The first-order valence-corrected chi connectivity index (χ1v) is 10.4. The van der Waals surface area contributed by atoms with Crippen molar-refractivity contribution in [3.8, 4) is 6.07 Å². The summed E-state index contributed by atoms with van der Waals surface area (Å²) >= 11 is 1.23. The van der Waals surface area contributed by atoms with E-state index >= 15 is 0 Å². The number of nitrogens with zero attached hydrogens (tertiary/aromatic N) is 1. The molecule has 0 saturated heterocycles. The molecule has 0 aliphatic carbocycles. The van der Waals surface area contributed by atoms with Crippen LogP contribution in [0.25, 0.3) is 0 Å². The van der Waals surface area contributed by atoms with Gasteiger partial charge in [-0.1, -0.05) is 53.7 Å². The van der Waals surface area contributed by atoms with Crippen LogP contribution in [0.15, 0.2) is 70.4 Å². The molecule has 0 aromatic heterocycles. The minimum Gasteiger partial charge on any atom is -0.353 e. The molecule has 6 heteroatoms. The number of hydrogen-bond donors (Lipinski definition) is 1. The van der Waals surface area contributed by atoms with Gasteiger partial charge in [0.05, 0.1) is 28.3 Å². The van der Waals surface area contributed by atoms with Crippen molar-refractivity contribution in [1.29, 1.82) is 5.26 Å². The van der Waals surface area contributed by atoms with Crippen LogP contribution in [0.2, 0.25) is 0 Å². The Morgan fingerprint density at radius 3 is 2.30 bits per heavy atom. The summed E-state index contributed by atoms with van der Waals surface area (Å²) in [6, 6.07) is 15.3. The van der Waals surface area contributed by atoms with E-state index < -0.39 is 11.7 Å². The number of nitriles is 1. The van der Waals surface area contributed by atoms with Crippen LogP contribution >= 0.6 is 11.8 Å². The van der Waals surface area contributed by atoms with E-state index in [0.29, 0.717) is 33.0 Å². The number of dihydropyridines is 1. The normalized spacial score (nSPS) is 16.2. The molecule has 1 aliphatic heterocycles. The van der Waals surface area contributed by atoms with Crippen molar-refractivity contribution in [3.05, 3.63) is 92.9 Å². The molecule has 2 aromatic carbocycles. The maximum atomic E-state index is 13.4. The minimum absolute atomic E-state index is 0.0519.